The first-order valence-electron chi connectivity index (χ1n) is 8.54. The van der Waals surface area contributed by atoms with Gasteiger partial charge in [-0.25, -0.2) is 0 Å². The van der Waals surface area contributed by atoms with Crippen molar-refractivity contribution in [2.45, 2.75) is 0 Å². The van der Waals surface area contributed by atoms with Crippen LogP contribution in [0.5, 0.6) is 0 Å². The lowest BCUT2D eigenvalue weighted by atomic mass is 9.89. The molecule has 0 saturated carbocycles. The molecule has 0 heterocycles. The van der Waals surface area contributed by atoms with Crippen LogP contribution in [-0.2, 0) is 0 Å². The molecule has 0 fully saturated rings. The molecule has 132 valence electrons. The van der Waals surface area contributed by atoms with Gasteiger partial charge in [0.2, 0.25) is 0 Å². The molecule has 1 aromatic carbocycles. The molecule has 0 amide bonds. The van der Waals surface area contributed by atoms with E-state index >= 15 is 0 Å². The molecule has 0 spiro atoms. The fraction of sp³-hybridized carbons (Fsp3) is 0. The SMILES string of the molecule is [O-]/C=C1\C=CC=C1c1cc(C2=CC=C/C2=C\[O-])cc(C2=CC=C/C2=C\[O-])c1. The Balaban J connectivity index is 1.88. The molecule has 0 aromatic heterocycles. The van der Waals surface area contributed by atoms with Crippen LogP contribution in [-0.4, -0.2) is 0 Å². The molecule has 0 bridgehead atoms. The standard InChI is InChI=1S/C24H18O3/c25-13-16-4-1-7-22(16)19-10-20(23-8-2-5-17(23)14-26)12-21(11-19)24-9-3-6-18(24)15-27/h1-15,25-27H/p-3/b16-13+,17-14+,18-15+. The normalized spacial score (nSPS) is 22.2. The number of hydrogen-bond donors (Lipinski definition) is 0. The van der Waals surface area contributed by atoms with Crippen molar-refractivity contribution >= 4 is 16.7 Å². The van der Waals surface area contributed by atoms with Gasteiger partial charge in [0.05, 0.1) is 0 Å². The average Bonchev–Trinajstić information content (AvgIpc) is 3.46. The highest BCUT2D eigenvalue weighted by atomic mass is 16.2. The maximum Gasteiger partial charge on any atom is -0.0123 e. The first-order chi connectivity index (χ1) is 13.2. The summed E-state index contributed by atoms with van der Waals surface area (Å²) in [6.07, 6.45) is 19.0. The van der Waals surface area contributed by atoms with Gasteiger partial charge in [-0.1, -0.05) is 54.7 Å². The Morgan fingerprint density at radius 2 is 0.778 bits per heavy atom. The molecule has 0 atom stereocenters. The molecule has 3 heteroatoms. The summed E-state index contributed by atoms with van der Waals surface area (Å²) in [5.41, 5.74) is 6.89. The van der Waals surface area contributed by atoms with Crippen LogP contribution in [0.4, 0.5) is 0 Å². The number of hydrogen-bond acceptors (Lipinski definition) is 3. The molecule has 0 unspecified atom stereocenters. The fourth-order valence-corrected chi connectivity index (χ4v) is 3.49. The highest BCUT2D eigenvalue weighted by Crippen LogP contribution is 2.37. The Kier molecular flexibility index (Phi) is 4.27. The minimum absolute atomic E-state index is 0.606. The zero-order valence-corrected chi connectivity index (χ0v) is 14.4. The third-order valence-corrected chi connectivity index (χ3v) is 4.80. The van der Waals surface area contributed by atoms with Crippen molar-refractivity contribution in [3.63, 3.8) is 0 Å². The lowest BCUT2D eigenvalue weighted by molar-refractivity contribution is -0.276. The molecule has 4 rings (SSSR count). The third kappa shape index (κ3) is 2.89. The third-order valence-electron chi connectivity index (χ3n) is 4.80. The van der Waals surface area contributed by atoms with Gasteiger partial charge in [0.15, 0.2) is 0 Å². The summed E-state index contributed by atoms with van der Waals surface area (Å²) >= 11 is 0. The Morgan fingerprint density at radius 1 is 0.481 bits per heavy atom. The zero-order chi connectivity index (χ0) is 18.8. The van der Waals surface area contributed by atoms with Crippen LogP contribution in [0.25, 0.3) is 16.7 Å². The van der Waals surface area contributed by atoms with E-state index in [1.54, 1.807) is 18.2 Å². The quantitative estimate of drug-likeness (QED) is 0.785. The number of rotatable bonds is 3. The van der Waals surface area contributed by atoms with Gasteiger partial charge in [0, 0.05) is 0 Å². The topological polar surface area (TPSA) is 69.2 Å². The summed E-state index contributed by atoms with van der Waals surface area (Å²) in [6.45, 7) is 0. The second kappa shape index (κ2) is 6.89. The van der Waals surface area contributed by atoms with Gasteiger partial charge in [-0.3, -0.25) is 0 Å². The minimum Gasteiger partial charge on any atom is -0.877 e. The van der Waals surface area contributed by atoms with Gasteiger partial charge in [-0.2, -0.15) is 0 Å². The number of benzene rings is 1. The largest absolute Gasteiger partial charge is 0.877 e. The molecule has 27 heavy (non-hydrogen) atoms. The molecule has 0 radical (unpaired) electrons. The maximum atomic E-state index is 11.4. The van der Waals surface area contributed by atoms with Crippen LogP contribution in [0.2, 0.25) is 0 Å². The van der Waals surface area contributed by atoms with E-state index in [9.17, 15) is 15.3 Å². The van der Waals surface area contributed by atoms with E-state index in [0.717, 1.165) is 52.2 Å². The second-order valence-corrected chi connectivity index (χ2v) is 6.34. The molecule has 0 saturated heterocycles. The minimum atomic E-state index is 0.606. The highest BCUT2D eigenvalue weighted by molar-refractivity contribution is 5.94. The van der Waals surface area contributed by atoms with Crippen molar-refractivity contribution in [1.82, 2.24) is 0 Å². The Morgan fingerprint density at radius 3 is 1.04 bits per heavy atom. The van der Waals surface area contributed by atoms with Crippen LogP contribution >= 0.6 is 0 Å². The van der Waals surface area contributed by atoms with Crippen molar-refractivity contribution in [2.75, 3.05) is 0 Å². The van der Waals surface area contributed by atoms with Gasteiger partial charge in [-0.05, 0) is 68.3 Å². The van der Waals surface area contributed by atoms with E-state index in [1.807, 2.05) is 54.7 Å². The summed E-state index contributed by atoms with van der Waals surface area (Å²) in [7, 11) is 0. The molecule has 3 aliphatic carbocycles. The van der Waals surface area contributed by atoms with E-state index in [-0.39, 0.29) is 0 Å². The van der Waals surface area contributed by atoms with E-state index in [4.69, 9.17) is 0 Å². The van der Waals surface area contributed by atoms with Crippen molar-refractivity contribution in [3.8, 4) is 0 Å². The van der Waals surface area contributed by atoms with Crippen molar-refractivity contribution in [2.24, 2.45) is 0 Å². The van der Waals surface area contributed by atoms with Gasteiger partial charge in [0.1, 0.15) is 0 Å². The Labute approximate surface area is 157 Å². The summed E-state index contributed by atoms with van der Waals surface area (Å²) in [4.78, 5) is 0. The van der Waals surface area contributed by atoms with Crippen LogP contribution in [0.15, 0.2) is 108 Å². The first-order valence-corrected chi connectivity index (χ1v) is 8.54. The fourth-order valence-electron chi connectivity index (χ4n) is 3.49. The predicted octanol–water partition coefficient (Wildman–Crippen LogP) is 2.28. The highest BCUT2D eigenvalue weighted by Gasteiger charge is 2.17. The second-order valence-electron chi connectivity index (χ2n) is 6.34. The van der Waals surface area contributed by atoms with E-state index in [0.29, 0.717) is 16.7 Å². The van der Waals surface area contributed by atoms with E-state index in [2.05, 4.69) is 0 Å². The van der Waals surface area contributed by atoms with Crippen LogP contribution < -0.4 is 15.3 Å². The van der Waals surface area contributed by atoms with E-state index in [1.165, 1.54) is 0 Å². The monoisotopic (exact) mass is 351 g/mol. The van der Waals surface area contributed by atoms with Gasteiger partial charge in [0.25, 0.3) is 0 Å². The zero-order valence-electron chi connectivity index (χ0n) is 14.4. The maximum absolute atomic E-state index is 11.4. The molecule has 1 aromatic rings. The van der Waals surface area contributed by atoms with Crippen LogP contribution in [0.3, 0.4) is 0 Å². The van der Waals surface area contributed by atoms with Crippen LogP contribution in [0.1, 0.15) is 16.7 Å². The van der Waals surface area contributed by atoms with Crippen molar-refractivity contribution in [3.05, 3.63) is 125 Å². The van der Waals surface area contributed by atoms with Gasteiger partial charge < -0.3 is 15.3 Å². The average molecular weight is 351 g/mol. The lowest BCUT2D eigenvalue weighted by Crippen LogP contribution is -1.99. The molecular formula is C24H15O3-3. The smallest absolute Gasteiger partial charge is 0.0123 e. The Bertz CT molecular complexity index is 930. The van der Waals surface area contributed by atoms with Crippen LogP contribution in [0, 0.1) is 0 Å². The Hall–Kier alpha value is -3.72. The lowest BCUT2D eigenvalue weighted by Gasteiger charge is -2.17. The summed E-state index contributed by atoms with van der Waals surface area (Å²) in [6, 6.07) is 5.91. The molecule has 0 N–H and O–H groups in total. The summed E-state index contributed by atoms with van der Waals surface area (Å²) in [5, 5.41) is 34.2. The van der Waals surface area contributed by atoms with Gasteiger partial charge >= 0.3 is 0 Å². The molecular weight excluding hydrogens is 336 g/mol. The van der Waals surface area contributed by atoms with Gasteiger partial charge in [-0.15, -0.1) is 18.8 Å². The van der Waals surface area contributed by atoms with Crippen molar-refractivity contribution < 1.29 is 15.3 Å². The summed E-state index contributed by atoms with van der Waals surface area (Å²) < 4.78 is 0. The van der Waals surface area contributed by atoms with Crippen molar-refractivity contribution in [1.29, 1.82) is 0 Å². The first kappa shape index (κ1) is 16.7. The summed E-state index contributed by atoms with van der Waals surface area (Å²) in [5.74, 6) is 0. The molecule has 0 aliphatic heterocycles. The van der Waals surface area contributed by atoms with E-state index < -0.39 is 0 Å². The molecule has 3 aliphatic rings. The molecule has 3 nitrogen and oxygen atoms in total. The number of allylic oxidation sites excluding steroid dienone is 15. The predicted molar refractivity (Wildman–Crippen MR) is 102 cm³/mol.